The Bertz CT molecular complexity index is 1130. The Balaban J connectivity index is 1.83. The Hall–Kier alpha value is -3.06. The number of nitrogens with one attached hydrogen (secondary N) is 2. The van der Waals surface area contributed by atoms with Crippen molar-refractivity contribution in [3.05, 3.63) is 100 Å². The molecule has 1 heterocycles. The second-order valence-corrected chi connectivity index (χ2v) is 9.38. The van der Waals surface area contributed by atoms with Gasteiger partial charge in [-0.1, -0.05) is 73.3 Å². The smallest absolute Gasteiger partial charge is 0.335 e. The minimum absolute atomic E-state index is 0.0258. The maximum absolute atomic E-state index is 13.7. The zero-order valence-corrected chi connectivity index (χ0v) is 19.9. The molecule has 1 unspecified atom stereocenters. The Morgan fingerprint density at radius 1 is 0.943 bits per heavy atom. The van der Waals surface area contributed by atoms with E-state index in [0.29, 0.717) is 10.7 Å². The van der Waals surface area contributed by atoms with Crippen LogP contribution < -0.4 is 10.6 Å². The number of hydrogen-bond acceptors (Lipinski definition) is 2. The molecule has 4 rings (SSSR count). The number of benzene rings is 2. The number of alkyl halides is 3. The van der Waals surface area contributed by atoms with E-state index in [4.69, 9.17) is 11.6 Å². The normalized spacial score (nSPS) is 16.3. The van der Waals surface area contributed by atoms with Crippen molar-refractivity contribution in [1.29, 1.82) is 0 Å². The van der Waals surface area contributed by atoms with Gasteiger partial charge in [0.25, 0.3) is 0 Å². The third-order valence-electron chi connectivity index (χ3n) is 6.43. The molecule has 1 fully saturated rings. The topological polar surface area (TPSA) is 54.0 Å². The van der Waals surface area contributed by atoms with Gasteiger partial charge in [-0.2, -0.15) is 13.2 Å². The molecule has 0 aliphatic heterocycles. The van der Waals surface area contributed by atoms with Crippen LogP contribution in [0, 0.1) is 0 Å². The van der Waals surface area contributed by atoms with E-state index in [9.17, 15) is 18.0 Å². The molecule has 2 N–H and O–H groups in total. The van der Waals surface area contributed by atoms with E-state index in [1.165, 1.54) is 12.3 Å². The highest BCUT2D eigenvalue weighted by atomic mass is 35.5. The van der Waals surface area contributed by atoms with Crippen LogP contribution in [-0.2, 0) is 18.1 Å². The third kappa shape index (κ3) is 6.14. The van der Waals surface area contributed by atoms with Crippen LogP contribution in [0.15, 0.2) is 72.9 Å². The first-order chi connectivity index (χ1) is 16.8. The highest BCUT2D eigenvalue weighted by molar-refractivity contribution is 6.30. The minimum Gasteiger partial charge on any atom is -0.335 e. The predicted octanol–water partition coefficient (Wildman–Crippen LogP) is 6.87. The van der Waals surface area contributed by atoms with E-state index in [2.05, 4.69) is 15.6 Å². The van der Waals surface area contributed by atoms with Gasteiger partial charge in [0.1, 0.15) is 5.54 Å². The van der Waals surface area contributed by atoms with Crippen LogP contribution in [0.25, 0.3) is 0 Å². The lowest BCUT2D eigenvalue weighted by molar-refractivity contribution is -0.137. The van der Waals surface area contributed by atoms with Gasteiger partial charge < -0.3 is 10.6 Å². The average Bonchev–Trinajstić information content (AvgIpc) is 2.85. The van der Waals surface area contributed by atoms with Crippen LogP contribution in [0.5, 0.6) is 0 Å². The number of amides is 2. The van der Waals surface area contributed by atoms with Gasteiger partial charge in [0, 0.05) is 18.7 Å². The number of halogens is 4. The van der Waals surface area contributed by atoms with Crippen LogP contribution in [0.1, 0.15) is 54.5 Å². The van der Waals surface area contributed by atoms with E-state index in [0.717, 1.165) is 49.8 Å². The van der Waals surface area contributed by atoms with Gasteiger partial charge in [0.05, 0.1) is 16.3 Å². The molecule has 0 bridgehead atoms. The summed E-state index contributed by atoms with van der Waals surface area (Å²) in [6.45, 7) is 0. The van der Waals surface area contributed by atoms with Crippen LogP contribution in [0.2, 0.25) is 5.02 Å². The number of carbonyl (C=O) groups excluding carboxylic acids is 1. The Morgan fingerprint density at radius 2 is 1.66 bits per heavy atom. The molecule has 1 atom stereocenters. The molecule has 3 aromatic rings. The molecule has 8 heteroatoms. The summed E-state index contributed by atoms with van der Waals surface area (Å²) in [5.41, 5.74) is -0.657. The molecule has 1 saturated carbocycles. The standard InChI is InChI=1S/C27H27ClF3N3O/c28-22-14-15-24(32-18-22)26(17-19-8-3-1-4-9-19,20-10-7-11-21(16-20)27(29,30)31)34-25(35)33-23-12-5-2-6-13-23/h1,3-4,7-11,14-16,18,23H,2,5-6,12-13,17H2,(H2,33,34,35). The largest absolute Gasteiger partial charge is 0.416 e. The summed E-state index contributed by atoms with van der Waals surface area (Å²) in [4.78, 5) is 17.8. The molecule has 2 amide bonds. The number of urea groups is 1. The summed E-state index contributed by atoms with van der Waals surface area (Å²) < 4.78 is 41.0. The van der Waals surface area contributed by atoms with Crippen LogP contribution >= 0.6 is 11.6 Å². The molecule has 0 radical (unpaired) electrons. The molecular weight excluding hydrogens is 475 g/mol. The molecule has 4 nitrogen and oxygen atoms in total. The summed E-state index contributed by atoms with van der Waals surface area (Å²) in [6.07, 6.45) is 2.05. The molecule has 1 aliphatic carbocycles. The minimum atomic E-state index is -4.54. The molecular formula is C27H27ClF3N3O. The summed E-state index contributed by atoms with van der Waals surface area (Å²) in [7, 11) is 0. The second-order valence-electron chi connectivity index (χ2n) is 8.94. The summed E-state index contributed by atoms with van der Waals surface area (Å²) >= 11 is 6.08. The quantitative estimate of drug-likeness (QED) is 0.387. The summed E-state index contributed by atoms with van der Waals surface area (Å²) in [5, 5.41) is 6.45. The SMILES string of the molecule is O=C(NC1CCCCC1)NC(Cc1ccccc1)(c1cccc(C(F)(F)F)c1)c1ccc(Cl)cn1. The molecule has 2 aromatic carbocycles. The van der Waals surface area contributed by atoms with E-state index in [-0.39, 0.29) is 18.0 Å². The maximum atomic E-state index is 13.7. The van der Waals surface area contributed by atoms with Crippen LogP contribution in [0.3, 0.4) is 0 Å². The highest BCUT2D eigenvalue weighted by Crippen LogP contribution is 2.37. The zero-order chi connectivity index (χ0) is 24.9. The van der Waals surface area contributed by atoms with Crippen molar-refractivity contribution in [1.82, 2.24) is 15.6 Å². The predicted molar refractivity (Wildman–Crippen MR) is 130 cm³/mol. The molecule has 184 valence electrons. The average molecular weight is 502 g/mol. The van der Waals surface area contributed by atoms with Gasteiger partial charge in [-0.15, -0.1) is 0 Å². The third-order valence-corrected chi connectivity index (χ3v) is 6.65. The van der Waals surface area contributed by atoms with Gasteiger partial charge in [-0.05, 0) is 48.2 Å². The number of rotatable bonds is 6. The van der Waals surface area contributed by atoms with Crippen molar-refractivity contribution in [3.8, 4) is 0 Å². The van der Waals surface area contributed by atoms with Crippen molar-refractivity contribution in [2.75, 3.05) is 0 Å². The fourth-order valence-corrected chi connectivity index (χ4v) is 4.79. The number of carbonyl (C=O) groups is 1. The number of pyridine rings is 1. The molecule has 0 spiro atoms. The van der Waals surface area contributed by atoms with Gasteiger partial charge in [-0.3, -0.25) is 4.98 Å². The van der Waals surface area contributed by atoms with Crippen LogP contribution in [-0.4, -0.2) is 17.1 Å². The van der Waals surface area contributed by atoms with Crippen molar-refractivity contribution < 1.29 is 18.0 Å². The lowest BCUT2D eigenvalue weighted by Gasteiger charge is -2.36. The van der Waals surface area contributed by atoms with Crippen molar-refractivity contribution >= 4 is 17.6 Å². The monoisotopic (exact) mass is 501 g/mol. The molecule has 1 aliphatic rings. The van der Waals surface area contributed by atoms with Gasteiger partial charge in [0.15, 0.2) is 0 Å². The van der Waals surface area contributed by atoms with E-state index in [1.807, 2.05) is 30.3 Å². The Morgan fingerprint density at radius 3 is 2.31 bits per heavy atom. The zero-order valence-electron chi connectivity index (χ0n) is 19.1. The first kappa shape index (κ1) is 25.0. The maximum Gasteiger partial charge on any atom is 0.416 e. The Kier molecular flexibility index (Phi) is 7.65. The fourth-order valence-electron chi connectivity index (χ4n) is 4.67. The van der Waals surface area contributed by atoms with Crippen LogP contribution in [0.4, 0.5) is 18.0 Å². The molecule has 1 aromatic heterocycles. The fraction of sp³-hybridized carbons (Fsp3) is 0.333. The molecule has 0 saturated heterocycles. The first-order valence-corrected chi connectivity index (χ1v) is 12.1. The lowest BCUT2D eigenvalue weighted by atomic mass is 9.80. The number of nitrogens with zero attached hydrogens (tertiary/aromatic N) is 1. The van der Waals surface area contributed by atoms with E-state index in [1.54, 1.807) is 18.2 Å². The Labute approximate surface area is 207 Å². The molecule has 35 heavy (non-hydrogen) atoms. The number of aromatic nitrogens is 1. The first-order valence-electron chi connectivity index (χ1n) is 11.7. The second kappa shape index (κ2) is 10.7. The highest BCUT2D eigenvalue weighted by Gasteiger charge is 2.40. The van der Waals surface area contributed by atoms with Gasteiger partial charge in [-0.25, -0.2) is 4.79 Å². The summed E-state index contributed by atoms with van der Waals surface area (Å²) in [6, 6.07) is 17.2. The van der Waals surface area contributed by atoms with Gasteiger partial charge >= 0.3 is 12.2 Å². The number of hydrogen-bond donors (Lipinski definition) is 2. The van der Waals surface area contributed by atoms with Crippen molar-refractivity contribution in [2.24, 2.45) is 0 Å². The van der Waals surface area contributed by atoms with Gasteiger partial charge in [0.2, 0.25) is 0 Å². The van der Waals surface area contributed by atoms with E-state index < -0.39 is 23.3 Å². The summed E-state index contributed by atoms with van der Waals surface area (Å²) in [5.74, 6) is 0. The van der Waals surface area contributed by atoms with Crippen molar-refractivity contribution in [3.63, 3.8) is 0 Å². The lowest BCUT2D eigenvalue weighted by Crippen LogP contribution is -2.54. The van der Waals surface area contributed by atoms with E-state index >= 15 is 0 Å². The van der Waals surface area contributed by atoms with Crippen molar-refractivity contribution in [2.45, 2.75) is 56.3 Å².